The molecule has 1 rings (SSSR count). The minimum atomic E-state index is -3.16. The van der Waals surface area contributed by atoms with Gasteiger partial charge in [0.05, 0.1) is 18.9 Å². The molecule has 106 valence electrons. The van der Waals surface area contributed by atoms with Crippen LogP contribution in [0.4, 0.5) is 0 Å². The van der Waals surface area contributed by atoms with Gasteiger partial charge in [-0.05, 0) is 11.6 Å². The molecule has 0 saturated heterocycles. The Hall–Kier alpha value is -1.44. The van der Waals surface area contributed by atoms with E-state index in [1.54, 1.807) is 12.1 Å². The summed E-state index contributed by atoms with van der Waals surface area (Å²) < 4.78 is 28.8. The summed E-state index contributed by atoms with van der Waals surface area (Å²) in [6.07, 6.45) is 1.11. The summed E-state index contributed by atoms with van der Waals surface area (Å²) >= 11 is 0. The summed E-state index contributed by atoms with van der Waals surface area (Å²) in [5, 5.41) is 3.06. The zero-order valence-corrected chi connectivity index (χ0v) is 11.8. The summed E-state index contributed by atoms with van der Waals surface area (Å²) in [5.41, 5.74) is 1.32. The number of nitrogens with one attached hydrogen (secondary N) is 2. The number of carbonyl (C=O) groups is 1. The third kappa shape index (κ3) is 5.82. The SMILES string of the molecule is COC(=O)c1ccccc1CNCCNS(C)(=O)=O. The molecule has 19 heavy (non-hydrogen) atoms. The van der Waals surface area contributed by atoms with E-state index in [2.05, 4.69) is 10.0 Å². The Morgan fingerprint density at radius 2 is 1.95 bits per heavy atom. The Morgan fingerprint density at radius 1 is 1.26 bits per heavy atom. The van der Waals surface area contributed by atoms with Crippen LogP contribution in [-0.4, -0.2) is 40.8 Å². The Bertz CT molecular complexity index is 528. The molecular weight excluding hydrogens is 268 g/mol. The molecule has 0 aliphatic heterocycles. The highest BCUT2D eigenvalue weighted by Gasteiger charge is 2.10. The molecule has 0 unspecified atom stereocenters. The Kier molecular flexibility index (Phi) is 5.94. The molecule has 0 fully saturated rings. The second-order valence-corrected chi connectivity index (χ2v) is 5.83. The highest BCUT2D eigenvalue weighted by Crippen LogP contribution is 2.09. The van der Waals surface area contributed by atoms with Crippen LogP contribution in [-0.2, 0) is 21.3 Å². The highest BCUT2D eigenvalue weighted by atomic mass is 32.2. The molecule has 0 spiro atoms. The summed E-state index contributed by atoms with van der Waals surface area (Å²) in [5.74, 6) is -0.383. The standard InChI is InChI=1S/C12H18N2O4S/c1-18-12(15)11-6-4-3-5-10(11)9-13-7-8-14-19(2,16)17/h3-6,13-14H,7-9H2,1-2H3. The van der Waals surface area contributed by atoms with Crippen molar-refractivity contribution in [3.63, 3.8) is 0 Å². The first-order chi connectivity index (χ1) is 8.94. The van der Waals surface area contributed by atoms with Gasteiger partial charge in [0.1, 0.15) is 0 Å². The number of rotatable bonds is 7. The predicted molar refractivity (Wildman–Crippen MR) is 72.3 cm³/mol. The number of hydrogen-bond donors (Lipinski definition) is 2. The monoisotopic (exact) mass is 286 g/mol. The molecule has 2 N–H and O–H groups in total. The van der Waals surface area contributed by atoms with Crippen molar-refractivity contribution in [2.75, 3.05) is 26.5 Å². The normalized spacial score (nSPS) is 11.3. The molecule has 0 aliphatic carbocycles. The number of esters is 1. The van der Waals surface area contributed by atoms with Gasteiger partial charge in [0.25, 0.3) is 0 Å². The van der Waals surface area contributed by atoms with Crippen molar-refractivity contribution < 1.29 is 17.9 Å². The van der Waals surface area contributed by atoms with E-state index < -0.39 is 10.0 Å². The van der Waals surface area contributed by atoms with Crippen LogP contribution in [0, 0.1) is 0 Å². The molecule has 0 aromatic heterocycles. The lowest BCUT2D eigenvalue weighted by molar-refractivity contribution is 0.0599. The molecule has 6 nitrogen and oxygen atoms in total. The van der Waals surface area contributed by atoms with Crippen molar-refractivity contribution >= 4 is 16.0 Å². The van der Waals surface area contributed by atoms with Crippen LogP contribution in [0.15, 0.2) is 24.3 Å². The third-order valence-corrected chi connectivity index (χ3v) is 3.13. The van der Waals surface area contributed by atoms with E-state index in [1.807, 2.05) is 12.1 Å². The van der Waals surface area contributed by atoms with E-state index >= 15 is 0 Å². The number of hydrogen-bond acceptors (Lipinski definition) is 5. The number of sulfonamides is 1. The van der Waals surface area contributed by atoms with Crippen LogP contribution in [0.2, 0.25) is 0 Å². The van der Waals surface area contributed by atoms with Gasteiger partial charge in [-0.25, -0.2) is 17.9 Å². The first-order valence-corrected chi connectivity index (χ1v) is 7.65. The van der Waals surface area contributed by atoms with Gasteiger partial charge in [0, 0.05) is 19.6 Å². The lowest BCUT2D eigenvalue weighted by Crippen LogP contribution is -2.31. The molecule has 1 aromatic rings. The molecule has 1 aromatic carbocycles. The predicted octanol–water partition coefficient (Wildman–Crippen LogP) is 0.112. The van der Waals surface area contributed by atoms with Crippen molar-refractivity contribution in [1.82, 2.24) is 10.0 Å². The van der Waals surface area contributed by atoms with Crippen LogP contribution in [0.1, 0.15) is 15.9 Å². The van der Waals surface area contributed by atoms with Crippen molar-refractivity contribution in [2.45, 2.75) is 6.54 Å². The number of benzene rings is 1. The van der Waals surface area contributed by atoms with Crippen LogP contribution in [0.3, 0.4) is 0 Å². The Labute approximate surface area is 113 Å². The average molecular weight is 286 g/mol. The second kappa shape index (κ2) is 7.22. The number of ether oxygens (including phenoxy) is 1. The quantitative estimate of drug-likeness (QED) is 0.549. The first-order valence-electron chi connectivity index (χ1n) is 5.75. The van der Waals surface area contributed by atoms with Crippen molar-refractivity contribution in [3.05, 3.63) is 35.4 Å². The van der Waals surface area contributed by atoms with Crippen LogP contribution >= 0.6 is 0 Å². The number of carbonyl (C=O) groups excluding carboxylic acids is 1. The number of methoxy groups -OCH3 is 1. The van der Waals surface area contributed by atoms with E-state index in [9.17, 15) is 13.2 Å². The fourth-order valence-corrected chi connectivity index (χ4v) is 2.00. The van der Waals surface area contributed by atoms with Crippen molar-refractivity contribution in [2.24, 2.45) is 0 Å². The molecule has 0 amide bonds. The van der Waals surface area contributed by atoms with Crippen molar-refractivity contribution in [1.29, 1.82) is 0 Å². The van der Waals surface area contributed by atoms with Crippen LogP contribution in [0.5, 0.6) is 0 Å². The van der Waals surface area contributed by atoms with Gasteiger partial charge in [-0.15, -0.1) is 0 Å². The van der Waals surface area contributed by atoms with E-state index in [-0.39, 0.29) is 5.97 Å². The van der Waals surface area contributed by atoms with E-state index in [0.29, 0.717) is 25.2 Å². The van der Waals surface area contributed by atoms with E-state index in [4.69, 9.17) is 4.74 Å². The van der Waals surface area contributed by atoms with Crippen LogP contribution in [0.25, 0.3) is 0 Å². The Morgan fingerprint density at radius 3 is 2.58 bits per heavy atom. The fraction of sp³-hybridized carbons (Fsp3) is 0.417. The molecule has 7 heteroatoms. The molecule has 0 aliphatic rings. The molecule has 0 bridgehead atoms. The third-order valence-electron chi connectivity index (χ3n) is 2.40. The smallest absolute Gasteiger partial charge is 0.338 e. The summed E-state index contributed by atoms with van der Waals surface area (Å²) in [6.45, 7) is 1.25. The van der Waals surface area contributed by atoms with Gasteiger partial charge in [-0.2, -0.15) is 0 Å². The summed E-state index contributed by atoms with van der Waals surface area (Å²) in [6, 6.07) is 7.11. The molecule has 0 saturated carbocycles. The summed E-state index contributed by atoms with van der Waals surface area (Å²) in [7, 11) is -1.82. The van der Waals surface area contributed by atoms with Gasteiger partial charge in [0.15, 0.2) is 0 Å². The fourth-order valence-electron chi connectivity index (χ4n) is 1.53. The Balaban J connectivity index is 2.47. The van der Waals surface area contributed by atoms with Crippen molar-refractivity contribution in [3.8, 4) is 0 Å². The van der Waals surface area contributed by atoms with Crippen LogP contribution < -0.4 is 10.0 Å². The molecular formula is C12H18N2O4S. The van der Waals surface area contributed by atoms with Gasteiger partial charge in [0.2, 0.25) is 10.0 Å². The van der Waals surface area contributed by atoms with Gasteiger partial charge in [-0.3, -0.25) is 0 Å². The summed E-state index contributed by atoms with van der Waals surface area (Å²) in [4.78, 5) is 11.5. The second-order valence-electron chi connectivity index (χ2n) is 3.99. The van der Waals surface area contributed by atoms with Gasteiger partial charge >= 0.3 is 5.97 Å². The molecule has 0 heterocycles. The largest absolute Gasteiger partial charge is 0.465 e. The minimum absolute atomic E-state index is 0.305. The lowest BCUT2D eigenvalue weighted by Gasteiger charge is -2.09. The maximum absolute atomic E-state index is 11.5. The van der Waals surface area contributed by atoms with Gasteiger partial charge < -0.3 is 10.1 Å². The minimum Gasteiger partial charge on any atom is -0.465 e. The van der Waals surface area contributed by atoms with Gasteiger partial charge in [-0.1, -0.05) is 18.2 Å². The van der Waals surface area contributed by atoms with E-state index in [1.165, 1.54) is 7.11 Å². The molecule has 0 atom stereocenters. The van der Waals surface area contributed by atoms with E-state index in [0.717, 1.165) is 11.8 Å². The zero-order valence-electron chi connectivity index (χ0n) is 11.0. The molecule has 0 radical (unpaired) electrons. The average Bonchev–Trinajstić information content (AvgIpc) is 2.36. The first kappa shape index (κ1) is 15.6. The maximum atomic E-state index is 11.5. The highest BCUT2D eigenvalue weighted by molar-refractivity contribution is 7.88. The topological polar surface area (TPSA) is 84.5 Å². The zero-order chi connectivity index (χ0) is 14.3. The lowest BCUT2D eigenvalue weighted by atomic mass is 10.1. The maximum Gasteiger partial charge on any atom is 0.338 e.